The number of nitro groups is 1. The van der Waals surface area contributed by atoms with Gasteiger partial charge in [0.1, 0.15) is 0 Å². The molecular formula is C11H15N5O3. The minimum atomic E-state index is -0.996. The van der Waals surface area contributed by atoms with Crippen LogP contribution in [0.1, 0.15) is 31.8 Å². The third-order valence-electron chi connectivity index (χ3n) is 2.85. The molecule has 0 amide bonds. The van der Waals surface area contributed by atoms with E-state index in [2.05, 4.69) is 20.3 Å². The highest BCUT2D eigenvalue weighted by atomic mass is 16.6. The van der Waals surface area contributed by atoms with Crippen LogP contribution in [0, 0.1) is 17.0 Å². The van der Waals surface area contributed by atoms with Gasteiger partial charge in [-0.15, -0.1) is 0 Å². The van der Waals surface area contributed by atoms with E-state index in [1.807, 2.05) is 6.92 Å². The van der Waals surface area contributed by atoms with Crippen molar-refractivity contribution < 1.29 is 9.45 Å². The molecular weight excluding hydrogens is 250 g/mol. The number of nitrogens with one attached hydrogen (secondary N) is 1. The molecule has 2 heterocycles. The van der Waals surface area contributed by atoms with Gasteiger partial charge in [0.15, 0.2) is 11.5 Å². The van der Waals surface area contributed by atoms with E-state index < -0.39 is 5.54 Å². The van der Waals surface area contributed by atoms with E-state index in [0.29, 0.717) is 30.3 Å². The quantitative estimate of drug-likeness (QED) is 0.651. The average molecular weight is 265 g/mol. The van der Waals surface area contributed by atoms with Crippen molar-refractivity contribution in [2.24, 2.45) is 0 Å². The predicted octanol–water partition coefficient (Wildman–Crippen LogP) is 1.76. The van der Waals surface area contributed by atoms with Crippen molar-refractivity contribution in [3.8, 4) is 11.6 Å². The lowest BCUT2D eigenvalue weighted by molar-refractivity contribution is -0.561. The zero-order valence-corrected chi connectivity index (χ0v) is 11.0. The molecule has 0 saturated heterocycles. The van der Waals surface area contributed by atoms with Crippen LogP contribution < -0.4 is 0 Å². The summed E-state index contributed by atoms with van der Waals surface area (Å²) in [7, 11) is 0. The summed E-state index contributed by atoms with van der Waals surface area (Å²) < 4.78 is 5.08. The van der Waals surface area contributed by atoms with Crippen LogP contribution >= 0.6 is 0 Å². The number of hydrogen-bond donors (Lipinski definition) is 1. The normalized spacial score (nSPS) is 11.7. The molecule has 0 bridgehead atoms. The number of aromatic nitrogens is 4. The topological polar surface area (TPSA) is 111 Å². The molecule has 0 spiro atoms. The van der Waals surface area contributed by atoms with E-state index in [0.717, 1.165) is 5.69 Å². The first-order valence-electron chi connectivity index (χ1n) is 5.88. The molecule has 0 fully saturated rings. The first-order chi connectivity index (χ1) is 8.88. The lowest BCUT2D eigenvalue weighted by Gasteiger charge is -2.13. The van der Waals surface area contributed by atoms with Gasteiger partial charge >= 0.3 is 0 Å². The molecule has 0 aliphatic rings. The Morgan fingerprint density at radius 1 is 1.53 bits per heavy atom. The van der Waals surface area contributed by atoms with Crippen molar-refractivity contribution in [3.05, 3.63) is 27.7 Å². The zero-order chi connectivity index (χ0) is 14.0. The summed E-state index contributed by atoms with van der Waals surface area (Å²) in [6.07, 6.45) is 0.736. The Hall–Kier alpha value is -2.25. The van der Waals surface area contributed by atoms with Gasteiger partial charge in [0.05, 0.1) is 0 Å². The van der Waals surface area contributed by atoms with Crippen molar-refractivity contribution >= 4 is 0 Å². The fourth-order valence-electron chi connectivity index (χ4n) is 1.50. The van der Waals surface area contributed by atoms with Crippen molar-refractivity contribution in [3.63, 3.8) is 0 Å². The number of nitrogens with zero attached hydrogens (tertiary/aromatic N) is 4. The Bertz CT molecular complexity index is 587. The van der Waals surface area contributed by atoms with E-state index in [9.17, 15) is 10.1 Å². The van der Waals surface area contributed by atoms with E-state index in [1.165, 1.54) is 0 Å². The minimum absolute atomic E-state index is 0.301. The fourth-order valence-corrected chi connectivity index (χ4v) is 1.50. The highest BCUT2D eigenvalue weighted by Crippen LogP contribution is 2.18. The van der Waals surface area contributed by atoms with Gasteiger partial charge in [-0.3, -0.25) is 15.2 Å². The maximum atomic E-state index is 10.8. The highest BCUT2D eigenvalue weighted by molar-refractivity contribution is 5.46. The van der Waals surface area contributed by atoms with Crippen molar-refractivity contribution in [1.82, 2.24) is 20.3 Å². The Morgan fingerprint density at radius 3 is 2.84 bits per heavy atom. The Morgan fingerprint density at radius 2 is 2.26 bits per heavy atom. The van der Waals surface area contributed by atoms with E-state index >= 15 is 0 Å². The van der Waals surface area contributed by atoms with Crippen LogP contribution in [0.4, 0.5) is 0 Å². The molecule has 8 nitrogen and oxygen atoms in total. The van der Waals surface area contributed by atoms with Crippen molar-refractivity contribution in [1.29, 1.82) is 0 Å². The second kappa shape index (κ2) is 4.79. The van der Waals surface area contributed by atoms with Gasteiger partial charge in [-0.2, -0.15) is 10.1 Å². The Balaban J connectivity index is 2.04. The van der Waals surface area contributed by atoms with E-state index in [4.69, 9.17) is 4.52 Å². The summed E-state index contributed by atoms with van der Waals surface area (Å²) in [6, 6.07) is 1.79. The van der Waals surface area contributed by atoms with Crippen LogP contribution in [-0.2, 0) is 6.42 Å². The fraction of sp³-hybridized carbons (Fsp3) is 0.545. The van der Waals surface area contributed by atoms with Gasteiger partial charge in [0.25, 0.3) is 5.89 Å². The molecule has 0 aliphatic heterocycles. The molecule has 2 aromatic rings. The van der Waals surface area contributed by atoms with Crippen LogP contribution in [0.25, 0.3) is 11.6 Å². The van der Waals surface area contributed by atoms with Crippen LogP contribution in [0.3, 0.4) is 0 Å². The monoisotopic (exact) mass is 265 g/mol. The van der Waals surface area contributed by atoms with E-state index in [-0.39, 0.29) is 4.92 Å². The SMILES string of the molecule is Cc1cc(-c2nc(CCC(C)(C)[N+](=O)[O-])no2)n[nH]1. The van der Waals surface area contributed by atoms with Gasteiger partial charge in [0, 0.05) is 37.3 Å². The van der Waals surface area contributed by atoms with Crippen LogP contribution in [-0.4, -0.2) is 30.8 Å². The molecule has 19 heavy (non-hydrogen) atoms. The van der Waals surface area contributed by atoms with Crippen LogP contribution in [0.5, 0.6) is 0 Å². The molecule has 1 N–H and O–H groups in total. The third kappa shape index (κ3) is 2.95. The van der Waals surface area contributed by atoms with Crippen molar-refractivity contribution in [2.45, 2.75) is 39.2 Å². The molecule has 0 saturated carbocycles. The predicted molar refractivity (Wildman–Crippen MR) is 66.0 cm³/mol. The van der Waals surface area contributed by atoms with Crippen LogP contribution in [0.2, 0.25) is 0 Å². The summed E-state index contributed by atoms with van der Waals surface area (Å²) in [5.74, 6) is 0.767. The molecule has 0 radical (unpaired) electrons. The number of H-pyrrole nitrogens is 1. The molecule has 102 valence electrons. The molecule has 0 aromatic carbocycles. The lowest BCUT2D eigenvalue weighted by Crippen LogP contribution is -2.31. The first-order valence-corrected chi connectivity index (χ1v) is 5.88. The number of hydrogen-bond acceptors (Lipinski definition) is 6. The minimum Gasteiger partial charge on any atom is -0.332 e. The second-order valence-electron chi connectivity index (χ2n) is 5.02. The van der Waals surface area contributed by atoms with Gasteiger partial charge in [0.2, 0.25) is 5.54 Å². The summed E-state index contributed by atoms with van der Waals surface area (Å²) in [4.78, 5) is 14.7. The summed E-state index contributed by atoms with van der Waals surface area (Å²) in [5.41, 5.74) is 0.470. The standard InChI is InChI=1S/C11H15N5O3/c1-7-6-8(14-13-7)10-12-9(15-19-10)4-5-11(2,3)16(17)18/h6H,4-5H2,1-3H3,(H,13,14). The maximum absolute atomic E-state index is 10.8. The molecule has 0 atom stereocenters. The molecule has 8 heteroatoms. The number of aryl methyl sites for hydroxylation is 2. The molecule has 0 unspecified atom stereocenters. The summed E-state index contributed by atoms with van der Waals surface area (Å²) in [5, 5.41) is 21.4. The Kier molecular flexibility index (Phi) is 3.32. The summed E-state index contributed by atoms with van der Waals surface area (Å²) in [6.45, 7) is 5.02. The van der Waals surface area contributed by atoms with Crippen LogP contribution in [0.15, 0.2) is 10.6 Å². The first kappa shape index (κ1) is 13.2. The summed E-state index contributed by atoms with van der Waals surface area (Å²) >= 11 is 0. The Labute approximate surface area is 109 Å². The second-order valence-corrected chi connectivity index (χ2v) is 5.02. The largest absolute Gasteiger partial charge is 0.332 e. The maximum Gasteiger partial charge on any atom is 0.278 e. The third-order valence-corrected chi connectivity index (χ3v) is 2.85. The highest BCUT2D eigenvalue weighted by Gasteiger charge is 2.30. The van der Waals surface area contributed by atoms with Crippen molar-refractivity contribution in [2.75, 3.05) is 0 Å². The van der Waals surface area contributed by atoms with Gasteiger partial charge in [-0.25, -0.2) is 0 Å². The zero-order valence-electron chi connectivity index (χ0n) is 11.0. The average Bonchev–Trinajstić information content (AvgIpc) is 2.94. The number of aromatic amines is 1. The van der Waals surface area contributed by atoms with E-state index in [1.54, 1.807) is 19.9 Å². The molecule has 0 aliphatic carbocycles. The lowest BCUT2D eigenvalue weighted by atomic mass is 9.99. The van der Waals surface area contributed by atoms with Gasteiger partial charge < -0.3 is 4.52 Å². The smallest absolute Gasteiger partial charge is 0.278 e. The van der Waals surface area contributed by atoms with Gasteiger partial charge in [-0.1, -0.05) is 5.16 Å². The number of rotatable bonds is 5. The molecule has 2 rings (SSSR count). The molecule has 2 aromatic heterocycles. The van der Waals surface area contributed by atoms with Gasteiger partial charge in [-0.05, 0) is 13.0 Å².